The number of benzene rings is 2. The Balaban J connectivity index is 2.10. The first-order valence-corrected chi connectivity index (χ1v) is 8.30. The molecule has 0 radical (unpaired) electrons. The van der Waals surface area contributed by atoms with Crippen molar-refractivity contribution < 1.29 is 27.4 Å². The first kappa shape index (κ1) is 20.4. The average molecular weight is 379 g/mol. The molecule has 2 rings (SSSR count). The number of halogens is 3. The summed E-state index contributed by atoms with van der Waals surface area (Å²) in [5.41, 5.74) is 0.940. The fourth-order valence-corrected chi connectivity index (χ4v) is 2.55. The Morgan fingerprint density at radius 2 is 1.93 bits per heavy atom. The van der Waals surface area contributed by atoms with Crippen LogP contribution in [0.3, 0.4) is 0 Å². The summed E-state index contributed by atoms with van der Waals surface area (Å²) in [6.45, 7) is -1.14. The van der Waals surface area contributed by atoms with Crippen LogP contribution in [0.25, 0.3) is 6.08 Å². The van der Waals surface area contributed by atoms with Gasteiger partial charge in [0.15, 0.2) is 11.6 Å². The van der Waals surface area contributed by atoms with Crippen LogP contribution in [0.2, 0.25) is 0 Å². The maximum absolute atomic E-state index is 13.7. The van der Waals surface area contributed by atoms with Gasteiger partial charge in [-0.1, -0.05) is 31.2 Å². The molecule has 2 aromatic rings. The summed E-state index contributed by atoms with van der Waals surface area (Å²) in [5.74, 6) is -0.853. The van der Waals surface area contributed by atoms with Crippen molar-refractivity contribution in [1.82, 2.24) is 5.32 Å². The Morgan fingerprint density at radius 1 is 1.19 bits per heavy atom. The fraction of sp³-hybridized carbons (Fsp3) is 0.250. The number of hydrogen-bond donors (Lipinski definition) is 1. The monoisotopic (exact) mass is 379 g/mol. The van der Waals surface area contributed by atoms with Crippen molar-refractivity contribution in [3.8, 4) is 11.5 Å². The zero-order valence-corrected chi connectivity index (χ0v) is 14.9. The van der Waals surface area contributed by atoms with Gasteiger partial charge >= 0.3 is 6.61 Å². The van der Waals surface area contributed by atoms with E-state index >= 15 is 0 Å². The molecular formula is C20H20F3NO3. The van der Waals surface area contributed by atoms with Gasteiger partial charge in [0.05, 0.1) is 13.2 Å². The van der Waals surface area contributed by atoms with Gasteiger partial charge in [-0.2, -0.15) is 8.78 Å². The van der Waals surface area contributed by atoms with Crippen molar-refractivity contribution >= 4 is 12.0 Å². The summed E-state index contributed by atoms with van der Waals surface area (Å²) < 4.78 is 48.2. The van der Waals surface area contributed by atoms with Gasteiger partial charge in [0.2, 0.25) is 5.91 Å². The van der Waals surface area contributed by atoms with Gasteiger partial charge in [0.1, 0.15) is 5.75 Å². The molecule has 1 unspecified atom stereocenters. The van der Waals surface area contributed by atoms with Crippen molar-refractivity contribution in [2.45, 2.75) is 26.0 Å². The van der Waals surface area contributed by atoms with Crippen LogP contribution in [0.15, 0.2) is 48.5 Å². The maximum Gasteiger partial charge on any atom is 0.387 e. The van der Waals surface area contributed by atoms with Crippen molar-refractivity contribution in [1.29, 1.82) is 0 Å². The number of carbonyl (C=O) groups is 1. The van der Waals surface area contributed by atoms with E-state index < -0.39 is 24.4 Å². The topological polar surface area (TPSA) is 47.6 Å². The molecule has 144 valence electrons. The zero-order valence-electron chi connectivity index (χ0n) is 14.9. The molecule has 0 fully saturated rings. The summed E-state index contributed by atoms with van der Waals surface area (Å²) >= 11 is 0. The van der Waals surface area contributed by atoms with Crippen LogP contribution in [-0.4, -0.2) is 19.6 Å². The number of alkyl halides is 2. The van der Waals surface area contributed by atoms with Crippen molar-refractivity contribution in [2.24, 2.45) is 0 Å². The molecule has 0 saturated carbocycles. The highest BCUT2D eigenvalue weighted by molar-refractivity contribution is 5.92. The number of carbonyl (C=O) groups excluding carboxylic acids is 1. The highest BCUT2D eigenvalue weighted by Gasteiger charge is 2.18. The van der Waals surface area contributed by atoms with Gasteiger partial charge in [-0.15, -0.1) is 0 Å². The standard InChI is InChI=1S/C20H20F3NO3/c1-3-16(14-6-4-5-7-17(14)27-20(22)23)24-19(25)11-9-13-8-10-18(26-2)15(21)12-13/h4-12,16,20H,3H2,1-2H3,(H,24,25)/b11-9+. The van der Waals surface area contributed by atoms with Crippen LogP contribution >= 0.6 is 0 Å². The van der Waals surface area contributed by atoms with Crippen LogP contribution in [0.5, 0.6) is 11.5 Å². The van der Waals surface area contributed by atoms with Crippen LogP contribution in [0.1, 0.15) is 30.5 Å². The maximum atomic E-state index is 13.7. The molecule has 27 heavy (non-hydrogen) atoms. The molecule has 0 aliphatic heterocycles. The SMILES string of the molecule is CCC(NC(=O)/C=C/c1ccc(OC)c(F)c1)c1ccccc1OC(F)F. The van der Waals surface area contributed by atoms with Gasteiger partial charge in [-0.05, 0) is 36.3 Å². The lowest BCUT2D eigenvalue weighted by atomic mass is 10.0. The molecule has 0 aliphatic rings. The number of ether oxygens (including phenoxy) is 2. The minimum absolute atomic E-state index is 0.0147. The Hall–Kier alpha value is -2.96. The summed E-state index contributed by atoms with van der Waals surface area (Å²) in [7, 11) is 1.36. The quantitative estimate of drug-likeness (QED) is 0.676. The Labute approximate surface area is 155 Å². The average Bonchev–Trinajstić information content (AvgIpc) is 2.64. The van der Waals surface area contributed by atoms with E-state index in [-0.39, 0.29) is 11.5 Å². The second-order valence-corrected chi connectivity index (χ2v) is 5.61. The van der Waals surface area contributed by atoms with Crippen molar-refractivity contribution in [3.05, 3.63) is 65.5 Å². The van der Waals surface area contributed by atoms with Crippen LogP contribution in [-0.2, 0) is 4.79 Å². The third kappa shape index (κ3) is 5.77. The van der Waals surface area contributed by atoms with Crippen molar-refractivity contribution in [3.63, 3.8) is 0 Å². The van der Waals surface area contributed by atoms with Crippen LogP contribution < -0.4 is 14.8 Å². The van der Waals surface area contributed by atoms with Gasteiger partial charge in [-0.3, -0.25) is 4.79 Å². The second-order valence-electron chi connectivity index (χ2n) is 5.61. The molecule has 7 heteroatoms. The molecule has 0 spiro atoms. The highest BCUT2D eigenvalue weighted by Crippen LogP contribution is 2.28. The zero-order chi connectivity index (χ0) is 19.8. The number of hydrogen-bond acceptors (Lipinski definition) is 3. The van der Waals surface area contributed by atoms with Gasteiger partial charge in [0, 0.05) is 11.6 Å². The van der Waals surface area contributed by atoms with E-state index in [0.29, 0.717) is 17.5 Å². The van der Waals surface area contributed by atoms with E-state index in [1.165, 1.54) is 37.5 Å². The van der Waals surface area contributed by atoms with Crippen molar-refractivity contribution in [2.75, 3.05) is 7.11 Å². The summed E-state index contributed by atoms with van der Waals surface area (Å²) in [4.78, 5) is 12.2. The fourth-order valence-electron chi connectivity index (χ4n) is 2.55. The molecule has 0 aliphatic carbocycles. The number of methoxy groups -OCH3 is 1. The molecule has 2 aromatic carbocycles. The molecule has 0 bridgehead atoms. The number of nitrogens with one attached hydrogen (secondary N) is 1. The lowest BCUT2D eigenvalue weighted by Crippen LogP contribution is -2.27. The van der Waals surface area contributed by atoms with E-state index in [4.69, 9.17) is 4.74 Å². The normalized spacial score (nSPS) is 12.2. The first-order valence-electron chi connectivity index (χ1n) is 8.30. The molecule has 1 amide bonds. The van der Waals surface area contributed by atoms with E-state index in [2.05, 4.69) is 10.1 Å². The Bertz CT molecular complexity index is 809. The molecule has 4 nitrogen and oxygen atoms in total. The predicted octanol–water partition coefficient (Wildman–Crippen LogP) is 4.72. The minimum atomic E-state index is -2.95. The van der Waals surface area contributed by atoms with Gasteiger partial charge in [0.25, 0.3) is 0 Å². The number of rotatable bonds is 8. The molecule has 1 N–H and O–H groups in total. The number of amides is 1. The lowest BCUT2D eigenvalue weighted by Gasteiger charge is -2.19. The van der Waals surface area contributed by atoms with E-state index in [9.17, 15) is 18.0 Å². The van der Waals surface area contributed by atoms with E-state index in [1.807, 2.05) is 6.92 Å². The lowest BCUT2D eigenvalue weighted by molar-refractivity contribution is -0.117. The van der Waals surface area contributed by atoms with E-state index in [0.717, 1.165) is 0 Å². The molecule has 0 saturated heterocycles. The second kappa shape index (κ2) is 9.66. The predicted molar refractivity (Wildman–Crippen MR) is 96.2 cm³/mol. The first-order chi connectivity index (χ1) is 12.9. The summed E-state index contributed by atoms with van der Waals surface area (Å²) in [6, 6.07) is 10.1. The third-order valence-corrected chi connectivity index (χ3v) is 3.84. The Kier molecular flexibility index (Phi) is 7.28. The molecular weight excluding hydrogens is 359 g/mol. The smallest absolute Gasteiger partial charge is 0.387 e. The van der Waals surface area contributed by atoms with Gasteiger partial charge < -0.3 is 14.8 Å². The largest absolute Gasteiger partial charge is 0.494 e. The highest BCUT2D eigenvalue weighted by atomic mass is 19.3. The number of para-hydroxylation sites is 1. The van der Waals surface area contributed by atoms with E-state index in [1.54, 1.807) is 24.3 Å². The molecule has 1 atom stereocenters. The summed E-state index contributed by atoms with van der Waals surface area (Å²) in [6.07, 6.45) is 3.17. The minimum Gasteiger partial charge on any atom is -0.494 e. The summed E-state index contributed by atoms with van der Waals surface area (Å²) in [5, 5.41) is 2.73. The third-order valence-electron chi connectivity index (χ3n) is 3.84. The van der Waals surface area contributed by atoms with Gasteiger partial charge in [-0.25, -0.2) is 4.39 Å². The molecule has 0 aromatic heterocycles. The molecule has 0 heterocycles. The van der Waals surface area contributed by atoms with Crippen LogP contribution in [0.4, 0.5) is 13.2 Å². The Morgan fingerprint density at radius 3 is 2.56 bits per heavy atom. The van der Waals surface area contributed by atoms with Crippen LogP contribution in [0, 0.1) is 5.82 Å².